The summed E-state index contributed by atoms with van der Waals surface area (Å²) in [6.07, 6.45) is 5.92. The average Bonchev–Trinajstić information content (AvgIpc) is 3.01. The van der Waals surface area contributed by atoms with Crippen LogP contribution in [0.3, 0.4) is 0 Å². The van der Waals surface area contributed by atoms with Crippen LogP contribution in [0, 0.1) is 19.8 Å². The molecule has 8 heteroatoms. The SMILES string of the molecule is Cc1cccnc1-c1nc(NC2CCC(CNS(=O)(=O)C(C)C)CC2)sc1C. The molecule has 2 N–H and O–H groups in total. The molecule has 2 heterocycles. The maximum atomic E-state index is 11.9. The van der Waals surface area contributed by atoms with Crippen molar-refractivity contribution in [2.75, 3.05) is 11.9 Å². The highest BCUT2D eigenvalue weighted by molar-refractivity contribution is 7.90. The van der Waals surface area contributed by atoms with E-state index in [0.29, 0.717) is 18.5 Å². The van der Waals surface area contributed by atoms with Gasteiger partial charge in [-0.05, 0) is 70.9 Å². The quantitative estimate of drug-likeness (QED) is 0.701. The van der Waals surface area contributed by atoms with Crippen molar-refractivity contribution in [2.24, 2.45) is 5.92 Å². The second-order valence-corrected chi connectivity index (χ2v) is 11.4. The number of nitrogens with one attached hydrogen (secondary N) is 2. The van der Waals surface area contributed by atoms with E-state index in [1.54, 1.807) is 25.2 Å². The molecule has 3 rings (SSSR count). The van der Waals surface area contributed by atoms with Crippen LogP contribution in [-0.4, -0.2) is 36.2 Å². The summed E-state index contributed by atoms with van der Waals surface area (Å²) in [7, 11) is -3.17. The van der Waals surface area contributed by atoms with Gasteiger partial charge in [0.25, 0.3) is 0 Å². The second kappa shape index (κ2) is 8.88. The molecule has 1 saturated carbocycles. The molecule has 0 amide bonds. The lowest BCUT2D eigenvalue weighted by Gasteiger charge is -2.29. The number of hydrogen-bond donors (Lipinski definition) is 2. The lowest BCUT2D eigenvalue weighted by molar-refractivity contribution is 0.337. The van der Waals surface area contributed by atoms with Crippen LogP contribution in [0.2, 0.25) is 0 Å². The molecule has 2 aromatic heterocycles. The number of nitrogens with zero attached hydrogens (tertiary/aromatic N) is 2. The molecule has 6 nitrogen and oxygen atoms in total. The molecule has 0 saturated heterocycles. The molecule has 0 aliphatic heterocycles. The summed E-state index contributed by atoms with van der Waals surface area (Å²) in [6.45, 7) is 8.11. The monoisotopic (exact) mass is 422 g/mol. The molecule has 154 valence electrons. The number of hydrogen-bond acceptors (Lipinski definition) is 6. The molecule has 2 aromatic rings. The highest BCUT2D eigenvalue weighted by Gasteiger charge is 2.24. The van der Waals surface area contributed by atoms with Crippen LogP contribution >= 0.6 is 11.3 Å². The first kappa shape index (κ1) is 21.2. The van der Waals surface area contributed by atoms with Crippen molar-refractivity contribution in [3.8, 4) is 11.4 Å². The summed E-state index contributed by atoms with van der Waals surface area (Å²) in [6, 6.07) is 4.39. The van der Waals surface area contributed by atoms with Crippen LogP contribution < -0.4 is 10.0 Å². The Kier molecular flexibility index (Phi) is 6.73. The highest BCUT2D eigenvalue weighted by atomic mass is 32.2. The van der Waals surface area contributed by atoms with Gasteiger partial charge in [-0.3, -0.25) is 4.98 Å². The zero-order valence-corrected chi connectivity index (χ0v) is 18.7. The van der Waals surface area contributed by atoms with Crippen molar-refractivity contribution in [3.63, 3.8) is 0 Å². The summed E-state index contributed by atoms with van der Waals surface area (Å²) < 4.78 is 26.6. The van der Waals surface area contributed by atoms with Gasteiger partial charge in [-0.2, -0.15) is 0 Å². The van der Waals surface area contributed by atoms with Crippen LogP contribution in [0.1, 0.15) is 50.0 Å². The summed E-state index contributed by atoms with van der Waals surface area (Å²) in [4.78, 5) is 10.5. The van der Waals surface area contributed by atoms with E-state index in [1.165, 1.54) is 4.88 Å². The molecule has 0 atom stereocenters. The average molecular weight is 423 g/mol. The largest absolute Gasteiger partial charge is 0.359 e. The Labute approximate surface area is 172 Å². The molecular formula is C20H30N4O2S2. The zero-order chi connectivity index (χ0) is 20.3. The topological polar surface area (TPSA) is 84.0 Å². The van der Waals surface area contributed by atoms with Crippen molar-refractivity contribution in [3.05, 3.63) is 28.8 Å². The Morgan fingerprint density at radius 2 is 1.89 bits per heavy atom. The van der Waals surface area contributed by atoms with Crippen molar-refractivity contribution >= 4 is 26.5 Å². The molecular weight excluding hydrogens is 392 g/mol. The van der Waals surface area contributed by atoms with Gasteiger partial charge in [0, 0.05) is 23.7 Å². The number of pyridine rings is 1. The van der Waals surface area contributed by atoms with Gasteiger partial charge in [0.15, 0.2) is 5.13 Å². The number of sulfonamides is 1. The second-order valence-electron chi connectivity index (χ2n) is 7.90. The molecule has 1 fully saturated rings. The first-order valence-corrected chi connectivity index (χ1v) is 12.3. The smallest absolute Gasteiger partial charge is 0.213 e. The van der Waals surface area contributed by atoms with E-state index in [4.69, 9.17) is 4.98 Å². The third-order valence-corrected chi connectivity index (χ3v) is 8.11. The Balaban J connectivity index is 1.54. The van der Waals surface area contributed by atoms with Gasteiger partial charge in [-0.15, -0.1) is 11.3 Å². The fraction of sp³-hybridized carbons (Fsp3) is 0.600. The van der Waals surface area contributed by atoms with E-state index >= 15 is 0 Å². The number of anilines is 1. The van der Waals surface area contributed by atoms with Crippen LogP contribution in [0.15, 0.2) is 18.3 Å². The van der Waals surface area contributed by atoms with Crippen LogP contribution in [0.25, 0.3) is 11.4 Å². The number of thiazole rings is 1. The maximum absolute atomic E-state index is 11.9. The van der Waals surface area contributed by atoms with E-state index in [2.05, 4.69) is 34.9 Å². The van der Waals surface area contributed by atoms with Crippen molar-refractivity contribution in [2.45, 2.75) is 64.7 Å². The van der Waals surface area contributed by atoms with E-state index in [0.717, 1.165) is 47.8 Å². The normalized spacial score (nSPS) is 20.5. The van der Waals surface area contributed by atoms with Gasteiger partial charge in [-0.25, -0.2) is 18.1 Å². The summed E-state index contributed by atoms with van der Waals surface area (Å²) in [5.74, 6) is 0.413. The third-order valence-electron chi connectivity index (χ3n) is 5.40. The van der Waals surface area contributed by atoms with E-state index in [1.807, 2.05) is 12.3 Å². The van der Waals surface area contributed by atoms with Gasteiger partial charge >= 0.3 is 0 Å². The highest BCUT2D eigenvalue weighted by Crippen LogP contribution is 2.33. The lowest BCUT2D eigenvalue weighted by atomic mass is 9.86. The lowest BCUT2D eigenvalue weighted by Crippen LogP contribution is -2.37. The van der Waals surface area contributed by atoms with Crippen LogP contribution in [-0.2, 0) is 10.0 Å². The van der Waals surface area contributed by atoms with Crippen molar-refractivity contribution in [1.82, 2.24) is 14.7 Å². The maximum Gasteiger partial charge on any atom is 0.213 e. The predicted octanol–water partition coefficient (Wildman–Crippen LogP) is 4.12. The van der Waals surface area contributed by atoms with Gasteiger partial charge in [0.2, 0.25) is 10.0 Å². The van der Waals surface area contributed by atoms with E-state index in [9.17, 15) is 8.42 Å². The molecule has 0 radical (unpaired) electrons. The molecule has 1 aliphatic carbocycles. The van der Waals surface area contributed by atoms with Gasteiger partial charge in [0.05, 0.1) is 10.9 Å². The molecule has 1 aliphatic rings. The molecule has 0 aromatic carbocycles. The fourth-order valence-electron chi connectivity index (χ4n) is 3.50. The zero-order valence-electron chi connectivity index (χ0n) is 17.0. The standard InChI is InChI=1S/C20H30N4O2S2/c1-13(2)28(25,26)22-12-16-7-9-17(10-8-16)23-20-24-19(15(4)27-20)18-14(3)6-5-11-21-18/h5-6,11,13,16-17,22H,7-10,12H2,1-4H3,(H,23,24). The van der Waals surface area contributed by atoms with Gasteiger partial charge in [-0.1, -0.05) is 6.07 Å². The molecule has 0 unspecified atom stereocenters. The summed E-state index contributed by atoms with van der Waals surface area (Å²) >= 11 is 1.68. The number of aromatic nitrogens is 2. The number of rotatable bonds is 7. The van der Waals surface area contributed by atoms with Crippen LogP contribution in [0.4, 0.5) is 5.13 Å². The summed E-state index contributed by atoms with van der Waals surface area (Å²) in [5, 5.41) is 4.15. The Hall–Kier alpha value is -1.51. The van der Waals surface area contributed by atoms with Crippen molar-refractivity contribution < 1.29 is 8.42 Å². The minimum Gasteiger partial charge on any atom is -0.359 e. The number of aryl methyl sites for hydroxylation is 2. The summed E-state index contributed by atoms with van der Waals surface area (Å²) in [5.41, 5.74) is 3.04. The first-order valence-electron chi connectivity index (χ1n) is 9.90. The Morgan fingerprint density at radius 1 is 1.18 bits per heavy atom. The van der Waals surface area contributed by atoms with Crippen molar-refractivity contribution in [1.29, 1.82) is 0 Å². The van der Waals surface area contributed by atoms with Gasteiger partial charge in [0.1, 0.15) is 5.69 Å². The molecule has 28 heavy (non-hydrogen) atoms. The predicted molar refractivity (Wildman–Crippen MR) is 116 cm³/mol. The third kappa shape index (κ3) is 5.10. The minimum atomic E-state index is -3.17. The fourth-order valence-corrected chi connectivity index (χ4v) is 5.19. The van der Waals surface area contributed by atoms with Crippen LogP contribution in [0.5, 0.6) is 0 Å². The van der Waals surface area contributed by atoms with Gasteiger partial charge < -0.3 is 5.32 Å². The first-order chi connectivity index (χ1) is 13.3. The Morgan fingerprint density at radius 3 is 2.54 bits per heavy atom. The molecule has 0 spiro atoms. The Bertz CT molecular complexity index is 901. The van der Waals surface area contributed by atoms with E-state index < -0.39 is 10.0 Å². The molecule has 0 bridgehead atoms. The minimum absolute atomic E-state index is 0.379. The van der Waals surface area contributed by atoms with E-state index in [-0.39, 0.29) is 5.25 Å².